The molecule has 3 heteroatoms. The van der Waals surface area contributed by atoms with Gasteiger partial charge in [-0.2, -0.15) is 0 Å². The number of carboxylic acids is 1. The SMILES string of the molecule is Cc1ccc(N(CCC(C)C)CC(C)C(=O)O)cc1C. The van der Waals surface area contributed by atoms with Crippen LogP contribution < -0.4 is 4.90 Å². The van der Waals surface area contributed by atoms with E-state index in [1.165, 1.54) is 11.1 Å². The Bertz CT molecular complexity index is 454. The molecule has 3 nitrogen and oxygen atoms in total. The molecule has 0 aliphatic rings. The Balaban J connectivity index is 2.90. The molecule has 20 heavy (non-hydrogen) atoms. The predicted octanol–water partition coefficient (Wildman–Crippen LogP) is 3.88. The van der Waals surface area contributed by atoms with E-state index in [0.29, 0.717) is 12.5 Å². The maximum absolute atomic E-state index is 11.1. The number of hydrogen-bond acceptors (Lipinski definition) is 2. The molecular formula is C17H27NO2. The first-order valence-corrected chi connectivity index (χ1v) is 7.36. The first kappa shape index (κ1) is 16.5. The zero-order valence-corrected chi connectivity index (χ0v) is 13.3. The fraction of sp³-hybridized carbons (Fsp3) is 0.588. The van der Waals surface area contributed by atoms with Gasteiger partial charge in [0.25, 0.3) is 0 Å². The summed E-state index contributed by atoms with van der Waals surface area (Å²) in [6.45, 7) is 11.8. The number of rotatable bonds is 7. The maximum atomic E-state index is 11.1. The Morgan fingerprint density at radius 1 is 1.20 bits per heavy atom. The molecule has 112 valence electrons. The minimum Gasteiger partial charge on any atom is -0.481 e. The third kappa shape index (κ3) is 4.87. The van der Waals surface area contributed by atoms with Crippen molar-refractivity contribution in [2.45, 2.75) is 41.0 Å². The monoisotopic (exact) mass is 277 g/mol. The summed E-state index contributed by atoms with van der Waals surface area (Å²) in [5, 5.41) is 9.13. The Morgan fingerprint density at radius 2 is 1.85 bits per heavy atom. The molecule has 0 radical (unpaired) electrons. The third-order valence-electron chi connectivity index (χ3n) is 3.75. The van der Waals surface area contributed by atoms with Gasteiger partial charge in [-0.15, -0.1) is 0 Å². The van der Waals surface area contributed by atoms with Crippen LogP contribution in [0.1, 0.15) is 38.3 Å². The average Bonchev–Trinajstić information content (AvgIpc) is 2.37. The van der Waals surface area contributed by atoms with E-state index in [2.05, 4.69) is 50.8 Å². The lowest BCUT2D eigenvalue weighted by molar-refractivity contribution is -0.140. The van der Waals surface area contributed by atoms with Crippen LogP contribution in [0.25, 0.3) is 0 Å². The van der Waals surface area contributed by atoms with Crippen LogP contribution in [-0.2, 0) is 4.79 Å². The van der Waals surface area contributed by atoms with Gasteiger partial charge in [-0.3, -0.25) is 4.79 Å². The van der Waals surface area contributed by atoms with Crippen molar-refractivity contribution in [3.63, 3.8) is 0 Å². The van der Waals surface area contributed by atoms with Gasteiger partial charge >= 0.3 is 5.97 Å². The van der Waals surface area contributed by atoms with Crippen LogP contribution >= 0.6 is 0 Å². The van der Waals surface area contributed by atoms with Crippen molar-refractivity contribution in [1.29, 1.82) is 0 Å². The lowest BCUT2D eigenvalue weighted by Crippen LogP contribution is -2.33. The molecule has 0 amide bonds. The number of nitrogens with zero attached hydrogens (tertiary/aromatic N) is 1. The Labute approximate surface area is 122 Å². The van der Waals surface area contributed by atoms with Gasteiger partial charge in [0.15, 0.2) is 0 Å². The van der Waals surface area contributed by atoms with Gasteiger partial charge in [0, 0.05) is 18.8 Å². The number of benzene rings is 1. The highest BCUT2D eigenvalue weighted by atomic mass is 16.4. The molecule has 1 unspecified atom stereocenters. The highest BCUT2D eigenvalue weighted by molar-refractivity contribution is 5.70. The molecule has 1 aromatic rings. The number of hydrogen-bond donors (Lipinski definition) is 1. The zero-order valence-electron chi connectivity index (χ0n) is 13.3. The molecule has 0 saturated heterocycles. The van der Waals surface area contributed by atoms with Crippen LogP contribution in [0, 0.1) is 25.7 Å². The van der Waals surface area contributed by atoms with Crippen molar-refractivity contribution in [1.82, 2.24) is 0 Å². The first-order chi connectivity index (χ1) is 9.31. The van der Waals surface area contributed by atoms with Gasteiger partial charge in [-0.05, 0) is 49.4 Å². The number of aliphatic carboxylic acids is 1. The third-order valence-corrected chi connectivity index (χ3v) is 3.75. The maximum Gasteiger partial charge on any atom is 0.308 e. The zero-order chi connectivity index (χ0) is 15.3. The van der Waals surface area contributed by atoms with E-state index in [1.54, 1.807) is 6.92 Å². The first-order valence-electron chi connectivity index (χ1n) is 7.36. The summed E-state index contributed by atoms with van der Waals surface area (Å²) in [5.41, 5.74) is 3.64. The summed E-state index contributed by atoms with van der Waals surface area (Å²) in [6.07, 6.45) is 1.07. The second-order valence-electron chi connectivity index (χ2n) is 6.14. The summed E-state index contributed by atoms with van der Waals surface area (Å²) in [5.74, 6) is -0.476. The van der Waals surface area contributed by atoms with Crippen LogP contribution in [0.5, 0.6) is 0 Å². The molecule has 0 spiro atoms. The van der Waals surface area contributed by atoms with Gasteiger partial charge in [-0.1, -0.05) is 26.8 Å². The Hall–Kier alpha value is -1.51. The highest BCUT2D eigenvalue weighted by Gasteiger charge is 2.17. The van der Waals surface area contributed by atoms with Gasteiger partial charge < -0.3 is 10.0 Å². The second-order valence-corrected chi connectivity index (χ2v) is 6.14. The predicted molar refractivity (Wildman–Crippen MR) is 84.4 cm³/mol. The van der Waals surface area contributed by atoms with Crippen molar-refractivity contribution < 1.29 is 9.90 Å². The van der Waals surface area contributed by atoms with Crippen LogP contribution in [-0.4, -0.2) is 24.2 Å². The number of carboxylic acid groups (broad SMARTS) is 1. The standard InChI is InChI=1S/C17H27NO2/c1-12(2)8-9-18(11-15(5)17(19)20)16-7-6-13(3)14(4)10-16/h6-7,10,12,15H,8-9,11H2,1-5H3,(H,19,20). The summed E-state index contributed by atoms with van der Waals surface area (Å²) in [4.78, 5) is 13.3. The second kappa shape index (κ2) is 7.32. The smallest absolute Gasteiger partial charge is 0.308 e. The van der Waals surface area contributed by atoms with Crippen molar-refractivity contribution >= 4 is 11.7 Å². The van der Waals surface area contributed by atoms with Gasteiger partial charge in [0.2, 0.25) is 0 Å². The van der Waals surface area contributed by atoms with Crippen molar-refractivity contribution in [3.8, 4) is 0 Å². The summed E-state index contributed by atoms with van der Waals surface area (Å²) in [6, 6.07) is 6.36. The number of aryl methyl sites for hydroxylation is 2. The van der Waals surface area contributed by atoms with E-state index < -0.39 is 5.97 Å². The van der Waals surface area contributed by atoms with Gasteiger partial charge in [0.1, 0.15) is 0 Å². The molecule has 0 aromatic heterocycles. The van der Waals surface area contributed by atoms with Gasteiger partial charge in [-0.25, -0.2) is 0 Å². The summed E-state index contributed by atoms with van der Waals surface area (Å²) >= 11 is 0. The number of anilines is 1. The summed E-state index contributed by atoms with van der Waals surface area (Å²) in [7, 11) is 0. The highest BCUT2D eigenvalue weighted by Crippen LogP contribution is 2.21. The lowest BCUT2D eigenvalue weighted by Gasteiger charge is -2.28. The lowest BCUT2D eigenvalue weighted by atomic mass is 10.1. The topological polar surface area (TPSA) is 40.5 Å². The molecule has 0 fully saturated rings. The average molecular weight is 277 g/mol. The van der Waals surface area contributed by atoms with Crippen LogP contribution in [0.15, 0.2) is 18.2 Å². The number of carbonyl (C=O) groups is 1. The minimum atomic E-state index is -0.733. The molecule has 1 aromatic carbocycles. The fourth-order valence-corrected chi connectivity index (χ4v) is 2.07. The van der Waals surface area contributed by atoms with Crippen molar-refractivity contribution in [2.24, 2.45) is 11.8 Å². The van der Waals surface area contributed by atoms with Gasteiger partial charge in [0.05, 0.1) is 5.92 Å². The van der Waals surface area contributed by atoms with E-state index in [1.807, 2.05) is 0 Å². The normalized spacial score (nSPS) is 12.5. The Kier molecular flexibility index (Phi) is 6.05. The molecule has 0 saturated carbocycles. The van der Waals surface area contributed by atoms with Crippen LogP contribution in [0.4, 0.5) is 5.69 Å². The van der Waals surface area contributed by atoms with E-state index in [9.17, 15) is 4.79 Å². The minimum absolute atomic E-state index is 0.358. The molecule has 1 atom stereocenters. The molecule has 0 aliphatic heterocycles. The quantitative estimate of drug-likeness (QED) is 0.822. The van der Waals surface area contributed by atoms with Crippen LogP contribution in [0.2, 0.25) is 0 Å². The van der Waals surface area contributed by atoms with Crippen LogP contribution in [0.3, 0.4) is 0 Å². The van der Waals surface area contributed by atoms with Crippen molar-refractivity contribution in [2.75, 3.05) is 18.0 Å². The molecular weight excluding hydrogens is 250 g/mol. The molecule has 1 N–H and O–H groups in total. The van der Waals surface area contributed by atoms with E-state index in [-0.39, 0.29) is 5.92 Å². The largest absolute Gasteiger partial charge is 0.481 e. The van der Waals surface area contributed by atoms with E-state index in [4.69, 9.17) is 5.11 Å². The van der Waals surface area contributed by atoms with E-state index >= 15 is 0 Å². The summed E-state index contributed by atoms with van der Waals surface area (Å²) < 4.78 is 0. The Morgan fingerprint density at radius 3 is 2.35 bits per heavy atom. The molecule has 0 aliphatic carbocycles. The van der Waals surface area contributed by atoms with Crippen molar-refractivity contribution in [3.05, 3.63) is 29.3 Å². The fourth-order valence-electron chi connectivity index (χ4n) is 2.07. The molecule has 0 heterocycles. The molecule has 0 bridgehead atoms. The molecule has 1 rings (SSSR count). The van der Waals surface area contributed by atoms with E-state index in [0.717, 1.165) is 18.7 Å².